The first kappa shape index (κ1) is 18.0. The van der Waals surface area contributed by atoms with E-state index in [9.17, 15) is 0 Å². The Bertz CT molecular complexity index is 1120. The molecule has 2 aromatic heterocycles. The van der Waals surface area contributed by atoms with Crippen LogP contribution in [0.2, 0.25) is 0 Å². The molecule has 2 aromatic carbocycles. The quantitative estimate of drug-likeness (QED) is 0.527. The monoisotopic (exact) mass is 377 g/mol. The normalized spacial score (nSPS) is 11.1. The molecule has 0 spiro atoms. The molecule has 4 aromatic rings. The van der Waals surface area contributed by atoms with Gasteiger partial charge >= 0.3 is 0 Å². The summed E-state index contributed by atoms with van der Waals surface area (Å²) >= 11 is 0. The Morgan fingerprint density at radius 3 is 2.68 bits per heavy atom. The van der Waals surface area contributed by atoms with Gasteiger partial charge < -0.3 is 14.8 Å². The van der Waals surface area contributed by atoms with Crippen molar-refractivity contribution in [2.24, 2.45) is 0 Å². The number of hydrogen-bond donors (Lipinski definition) is 1. The summed E-state index contributed by atoms with van der Waals surface area (Å²) in [7, 11) is 1.64. The van der Waals surface area contributed by atoms with E-state index in [1.54, 1.807) is 7.11 Å². The van der Waals surface area contributed by atoms with Gasteiger partial charge in [-0.25, -0.2) is 4.98 Å². The molecule has 0 aliphatic carbocycles. The maximum atomic E-state index is 5.59. The van der Waals surface area contributed by atoms with Crippen LogP contribution in [0.3, 0.4) is 0 Å². The third-order valence-corrected chi connectivity index (χ3v) is 4.60. The predicted molar refractivity (Wildman–Crippen MR) is 109 cm³/mol. The first-order valence-corrected chi connectivity index (χ1v) is 9.41. The van der Waals surface area contributed by atoms with Crippen molar-refractivity contribution >= 4 is 22.5 Å². The molecule has 0 bridgehead atoms. The molecule has 7 heteroatoms. The topological polar surface area (TPSA) is 73.6 Å². The fraction of sp³-hybridized carbons (Fsp3) is 0.286. The highest BCUT2D eigenvalue weighted by molar-refractivity contribution is 5.82. The predicted octanol–water partition coefficient (Wildman–Crippen LogP) is 3.86. The van der Waals surface area contributed by atoms with Crippen molar-refractivity contribution in [3.05, 3.63) is 53.9 Å². The van der Waals surface area contributed by atoms with E-state index in [4.69, 9.17) is 14.5 Å². The lowest BCUT2D eigenvalue weighted by molar-refractivity contribution is 0.310. The molecule has 7 nitrogen and oxygen atoms in total. The molecule has 0 radical (unpaired) electrons. The van der Waals surface area contributed by atoms with Gasteiger partial charge in [-0.05, 0) is 36.8 Å². The van der Waals surface area contributed by atoms with Crippen molar-refractivity contribution in [3.8, 4) is 11.5 Å². The molecule has 0 aliphatic heterocycles. The minimum absolute atomic E-state index is 0.581. The van der Waals surface area contributed by atoms with Gasteiger partial charge in [0.25, 0.3) is 0 Å². The van der Waals surface area contributed by atoms with E-state index < -0.39 is 0 Å². The molecule has 0 unspecified atom stereocenters. The fourth-order valence-electron chi connectivity index (χ4n) is 3.27. The Morgan fingerprint density at radius 1 is 1.04 bits per heavy atom. The molecule has 0 atom stereocenters. The van der Waals surface area contributed by atoms with Crippen LogP contribution in [-0.4, -0.2) is 33.3 Å². The molecule has 4 rings (SSSR count). The molecule has 0 saturated carbocycles. The lowest BCUT2D eigenvalue weighted by Crippen LogP contribution is -2.06. The van der Waals surface area contributed by atoms with Gasteiger partial charge in [0.2, 0.25) is 5.65 Å². The van der Waals surface area contributed by atoms with Crippen molar-refractivity contribution in [2.45, 2.75) is 26.8 Å². The number of hydrogen-bond acceptors (Lipinski definition) is 6. The van der Waals surface area contributed by atoms with Crippen LogP contribution in [-0.2, 0) is 13.0 Å². The van der Waals surface area contributed by atoms with Crippen molar-refractivity contribution in [2.75, 3.05) is 19.0 Å². The van der Waals surface area contributed by atoms with Crippen LogP contribution in [0.25, 0.3) is 16.7 Å². The van der Waals surface area contributed by atoms with Gasteiger partial charge in [-0.3, -0.25) is 4.40 Å². The number of nitrogens with one attached hydrogen (secondary N) is 1. The number of benzene rings is 2. The lowest BCUT2D eigenvalue weighted by Gasteiger charge is -2.13. The maximum absolute atomic E-state index is 5.59. The standard InChI is InChI=1S/C21H23N5O2/c1-4-19-24-25-21-20(23-15-8-6-7-9-16(15)26(19)21)22-13-14-10-11-17(28-5-2)18(12-14)27-3/h6-12H,4-5,13H2,1-3H3,(H,22,23). The average molecular weight is 377 g/mol. The van der Waals surface area contributed by atoms with Crippen LogP contribution < -0.4 is 14.8 Å². The summed E-state index contributed by atoms with van der Waals surface area (Å²) in [5, 5.41) is 12.1. The third-order valence-electron chi connectivity index (χ3n) is 4.60. The molecule has 0 amide bonds. The highest BCUT2D eigenvalue weighted by atomic mass is 16.5. The first-order valence-electron chi connectivity index (χ1n) is 9.41. The molecule has 0 aliphatic rings. The SMILES string of the molecule is CCOc1ccc(CNc2nc3ccccc3n3c(CC)nnc23)cc1OC. The average Bonchev–Trinajstić information content (AvgIpc) is 3.17. The van der Waals surface area contributed by atoms with Crippen LogP contribution in [0.4, 0.5) is 5.82 Å². The Kier molecular flexibility index (Phi) is 4.97. The van der Waals surface area contributed by atoms with Crippen LogP contribution in [0.15, 0.2) is 42.5 Å². The molecular weight excluding hydrogens is 354 g/mol. The van der Waals surface area contributed by atoms with Crippen molar-refractivity contribution in [1.29, 1.82) is 0 Å². The largest absolute Gasteiger partial charge is 0.493 e. The van der Waals surface area contributed by atoms with Crippen LogP contribution in [0.1, 0.15) is 25.2 Å². The molecule has 144 valence electrons. The zero-order chi connectivity index (χ0) is 19.5. The van der Waals surface area contributed by atoms with Crippen molar-refractivity contribution < 1.29 is 9.47 Å². The lowest BCUT2D eigenvalue weighted by atomic mass is 10.2. The Labute approximate surface area is 163 Å². The number of fused-ring (bicyclic) bond motifs is 3. The first-order chi connectivity index (χ1) is 13.7. The molecule has 28 heavy (non-hydrogen) atoms. The summed E-state index contributed by atoms with van der Waals surface area (Å²) in [4.78, 5) is 4.77. The van der Waals surface area contributed by atoms with Crippen molar-refractivity contribution in [3.63, 3.8) is 0 Å². The van der Waals surface area contributed by atoms with Gasteiger partial charge in [-0.2, -0.15) is 0 Å². The van der Waals surface area contributed by atoms with Gasteiger partial charge in [0.05, 0.1) is 24.8 Å². The van der Waals surface area contributed by atoms with E-state index >= 15 is 0 Å². The second kappa shape index (κ2) is 7.72. The van der Waals surface area contributed by atoms with Gasteiger partial charge in [0.1, 0.15) is 5.82 Å². The second-order valence-electron chi connectivity index (χ2n) is 6.35. The Hall–Kier alpha value is -3.35. The minimum atomic E-state index is 0.581. The van der Waals surface area contributed by atoms with Crippen LogP contribution >= 0.6 is 0 Å². The summed E-state index contributed by atoms with van der Waals surface area (Å²) in [6, 6.07) is 13.9. The zero-order valence-corrected chi connectivity index (χ0v) is 16.3. The van der Waals surface area contributed by atoms with Gasteiger partial charge in [0, 0.05) is 13.0 Å². The van der Waals surface area contributed by atoms with E-state index in [2.05, 4.69) is 26.8 Å². The van der Waals surface area contributed by atoms with E-state index in [0.29, 0.717) is 24.7 Å². The highest BCUT2D eigenvalue weighted by Crippen LogP contribution is 2.29. The smallest absolute Gasteiger partial charge is 0.204 e. The molecular formula is C21H23N5O2. The number of ether oxygens (including phenoxy) is 2. The number of anilines is 1. The van der Waals surface area contributed by atoms with Gasteiger partial charge in [-0.15, -0.1) is 10.2 Å². The molecule has 0 saturated heterocycles. The summed E-state index contributed by atoms with van der Waals surface area (Å²) in [5.74, 6) is 3.08. The summed E-state index contributed by atoms with van der Waals surface area (Å²) in [6.45, 7) is 5.21. The third kappa shape index (κ3) is 3.19. The zero-order valence-electron chi connectivity index (χ0n) is 16.3. The Morgan fingerprint density at radius 2 is 1.89 bits per heavy atom. The number of rotatable bonds is 7. The summed E-state index contributed by atoms with van der Waals surface area (Å²) in [5.41, 5.74) is 3.70. The van der Waals surface area contributed by atoms with E-state index in [1.807, 2.05) is 49.4 Å². The maximum Gasteiger partial charge on any atom is 0.204 e. The van der Waals surface area contributed by atoms with E-state index in [-0.39, 0.29) is 0 Å². The van der Waals surface area contributed by atoms with Gasteiger partial charge in [0.15, 0.2) is 17.3 Å². The number of aryl methyl sites for hydroxylation is 1. The van der Waals surface area contributed by atoms with E-state index in [1.165, 1.54) is 0 Å². The van der Waals surface area contributed by atoms with Gasteiger partial charge in [-0.1, -0.05) is 25.1 Å². The van der Waals surface area contributed by atoms with Crippen LogP contribution in [0.5, 0.6) is 11.5 Å². The highest BCUT2D eigenvalue weighted by Gasteiger charge is 2.14. The summed E-state index contributed by atoms with van der Waals surface area (Å²) in [6.07, 6.45) is 0.796. The van der Waals surface area contributed by atoms with Crippen LogP contribution in [0, 0.1) is 0 Å². The minimum Gasteiger partial charge on any atom is -0.493 e. The molecule has 2 heterocycles. The van der Waals surface area contributed by atoms with E-state index in [0.717, 1.165) is 40.2 Å². The summed E-state index contributed by atoms with van der Waals surface area (Å²) < 4.78 is 13.1. The second-order valence-corrected chi connectivity index (χ2v) is 6.35. The number of nitrogens with zero attached hydrogens (tertiary/aromatic N) is 4. The fourth-order valence-corrected chi connectivity index (χ4v) is 3.27. The molecule has 1 N–H and O–H groups in total. The number of para-hydroxylation sites is 2. The Balaban J connectivity index is 1.69. The number of aromatic nitrogens is 4. The molecule has 0 fully saturated rings. The number of methoxy groups -OCH3 is 1. The van der Waals surface area contributed by atoms with Crippen molar-refractivity contribution in [1.82, 2.24) is 19.6 Å².